The monoisotopic (exact) mass is 182 g/mol. The molecule has 0 aromatic carbocycles. The molecule has 1 aromatic rings. The van der Waals surface area contributed by atoms with Gasteiger partial charge in [0.15, 0.2) is 5.82 Å². The Hall–Kier alpha value is -1.39. The van der Waals surface area contributed by atoms with E-state index < -0.39 is 5.69 Å². The summed E-state index contributed by atoms with van der Waals surface area (Å²) in [6.45, 7) is 5.89. The molecule has 0 saturated heterocycles. The Kier molecular flexibility index (Phi) is 3.00. The molecular formula is C8H14N4O. The number of aryl methyl sites for hydroxylation is 1. The summed E-state index contributed by atoms with van der Waals surface area (Å²) in [4.78, 5) is 14.6. The third-order valence-electron chi connectivity index (χ3n) is 1.87. The van der Waals surface area contributed by atoms with E-state index in [1.807, 2.05) is 6.92 Å². The molecule has 1 heterocycles. The van der Waals surface area contributed by atoms with E-state index in [0.29, 0.717) is 17.6 Å². The number of hydrogen-bond acceptors (Lipinski definition) is 4. The smallest absolute Gasteiger partial charge is 0.363 e. The molecule has 0 amide bonds. The second-order valence-corrected chi connectivity index (χ2v) is 3.03. The summed E-state index contributed by atoms with van der Waals surface area (Å²) in [7, 11) is 0. The van der Waals surface area contributed by atoms with Gasteiger partial charge in [-0.25, -0.2) is 9.89 Å². The highest BCUT2D eigenvalue weighted by Crippen LogP contribution is 2.06. The van der Waals surface area contributed by atoms with Crippen molar-refractivity contribution in [2.75, 3.05) is 5.32 Å². The minimum absolute atomic E-state index is 0.301. The highest BCUT2D eigenvalue weighted by atomic mass is 16.1. The lowest BCUT2D eigenvalue weighted by molar-refractivity contribution is 0.747. The van der Waals surface area contributed by atoms with E-state index in [9.17, 15) is 4.79 Å². The Morgan fingerprint density at radius 3 is 2.92 bits per heavy atom. The first kappa shape index (κ1) is 9.70. The minimum Gasteiger partial charge on any atom is -0.366 e. The fraction of sp³-hybridized carbons (Fsp3) is 0.625. The number of nitrogens with zero attached hydrogens (tertiary/aromatic N) is 2. The molecule has 0 unspecified atom stereocenters. The second-order valence-electron chi connectivity index (χ2n) is 3.03. The Bertz CT molecular complexity index is 333. The van der Waals surface area contributed by atoms with Crippen LogP contribution in [0.2, 0.25) is 0 Å². The first-order valence-corrected chi connectivity index (χ1v) is 4.33. The number of hydrogen-bond donors (Lipinski definition) is 2. The molecule has 5 heteroatoms. The van der Waals surface area contributed by atoms with Crippen LogP contribution in [-0.4, -0.2) is 21.2 Å². The van der Waals surface area contributed by atoms with Gasteiger partial charge in [-0.15, -0.1) is 0 Å². The molecule has 0 aliphatic carbocycles. The van der Waals surface area contributed by atoms with Gasteiger partial charge in [0.1, 0.15) is 5.69 Å². The predicted octanol–water partition coefficient (Wildman–Crippen LogP) is 0.684. The van der Waals surface area contributed by atoms with Crippen LogP contribution in [0, 0.1) is 6.92 Å². The van der Waals surface area contributed by atoms with Gasteiger partial charge in [0, 0.05) is 6.04 Å². The average molecular weight is 182 g/mol. The van der Waals surface area contributed by atoms with Gasteiger partial charge in [-0.1, -0.05) is 6.92 Å². The molecule has 0 aliphatic rings. The molecule has 13 heavy (non-hydrogen) atoms. The summed E-state index contributed by atoms with van der Waals surface area (Å²) in [5.74, 6) is 0.568. The summed E-state index contributed by atoms with van der Waals surface area (Å²) < 4.78 is 0. The molecule has 0 radical (unpaired) electrons. The molecule has 2 N–H and O–H groups in total. The molecule has 0 fully saturated rings. The quantitative estimate of drug-likeness (QED) is 0.721. The minimum atomic E-state index is -0.420. The summed E-state index contributed by atoms with van der Waals surface area (Å²) in [6, 6.07) is 0.301. The Morgan fingerprint density at radius 2 is 2.31 bits per heavy atom. The summed E-state index contributed by atoms with van der Waals surface area (Å²) in [5.41, 5.74) is 0.288. The maximum Gasteiger partial charge on any atom is 0.363 e. The van der Waals surface area contributed by atoms with E-state index in [2.05, 4.69) is 27.4 Å². The van der Waals surface area contributed by atoms with Crippen molar-refractivity contribution >= 4 is 5.82 Å². The molecule has 1 atom stereocenters. The van der Waals surface area contributed by atoms with Crippen molar-refractivity contribution in [2.45, 2.75) is 33.2 Å². The summed E-state index contributed by atoms with van der Waals surface area (Å²) >= 11 is 0. The third-order valence-corrected chi connectivity index (χ3v) is 1.87. The van der Waals surface area contributed by atoms with Gasteiger partial charge in [0.2, 0.25) is 0 Å². The van der Waals surface area contributed by atoms with Gasteiger partial charge in [-0.2, -0.15) is 10.1 Å². The fourth-order valence-electron chi connectivity index (χ4n) is 0.864. The molecule has 1 rings (SSSR count). The number of aromatic amines is 1. The topological polar surface area (TPSA) is 70.7 Å². The zero-order chi connectivity index (χ0) is 9.84. The van der Waals surface area contributed by atoms with Crippen LogP contribution in [0.4, 0.5) is 5.82 Å². The normalized spacial score (nSPS) is 12.5. The molecule has 0 spiro atoms. The van der Waals surface area contributed by atoms with Crippen LogP contribution in [0.25, 0.3) is 0 Å². The molecule has 0 bridgehead atoms. The summed E-state index contributed by atoms with van der Waals surface area (Å²) in [6.07, 6.45) is 0.980. The van der Waals surface area contributed by atoms with Crippen molar-refractivity contribution in [3.8, 4) is 0 Å². The number of rotatable bonds is 3. The number of H-pyrrole nitrogens is 1. The van der Waals surface area contributed by atoms with Crippen LogP contribution < -0.4 is 11.0 Å². The maximum atomic E-state index is 10.8. The van der Waals surface area contributed by atoms with Crippen molar-refractivity contribution in [2.24, 2.45) is 0 Å². The van der Waals surface area contributed by atoms with E-state index in [-0.39, 0.29) is 0 Å². The third kappa shape index (κ3) is 2.54. The summed E-state index contributed by atoms with van der Waals surface area (Å²) in [5, 5.41) is 9.19. The van der Waals surface area contributed by atoms with Crippen molar-refractivity contribution in [1.29, 1.82) is 0 Å². The number of nitrogens with one attached hydrogen (secondary N) is 2. The lowest BCUT2D eigenvalue weighted by atomic mass is 10.2. The van der Waals surface area contributed by atoms with Gasteiger partial charge in [-0.05, 0) is 20.3 Å². The predicted molar refractivity (Wildman–Crippen MR) is 50.8 cm³/mol. The average Bonchev–Trinajstić information content (AvgIpc) is 2.11. The SMILES string of the molecule is CC[C@H](C)Nc1nc(=O)[nH]nc1C. The van der Waals surface area contributed by atoms with Crippen LogP contribution in [0.5, 0.6) is 0 Å². The van der Waals surface area contributed by atoms with Crippen LogP contribution >= 0.6 is 0 Å². The maximum absolute atomic E-state index is 10.8. The van der Waals surface area contributed by atoms with Gasteiger partial charge in [-0.3, -0.25) is 0 Å². The first-order valence-electron chi connectivity index (χ1n) is 4.33. The molecule has 1 aromatic heterocycles. The van der Waals surface area contributed by atoms with Gasteiger partial charge in [0.25, 0.3) is 0 Å². The first-order chi connectivity index (χ1) is 6.13. The van der Waals surface area contributed by atoms with Crippen molar-refractivity contribution in [1.82, 2.24) is 15.2 Å². The lowest BCUT2D eigenvalue weighted by Crippen LogP contribution is -2.21. The van der Waals surface area contributed by atoms with E-state index in [4.69, 9.17) is 0 Å². The largest absolute Gasteiger partial charge is 0.366 e. The Balaban J connectivity index is 2.87. The fourth-order valence-corrected chi connectivity index (χ4v) is 0.864. The highest BCUT2D eigenvalue weighted by Gasteiger charge is 2.04. The van der Waals surface area contributed by atoms with Crippen molar-refractivity contribution in [3.63, 3.8) is 0 Å². The lowest BCUT2D eigenvalue weighted by Gasteiger charge is -2.12. The second kappa shape index (κ2) is 4.02. The van der Waals surface area contributed by atoms with E-state index in [1.54, 1.807) is 6.92 Å². The standard InChI is InChI=1S/C8H14N4O/c1-4-5(2)9-7-6(3)11-12-8(13)10-7/h5H,4H2,1-3H3,(H2,9,10,12,13)/t5-/m0/s1. The number of anilines is 1. The van der Waals surface area contributed by atoms with Crippen molar-refractivity contribution < 1.29 is 0 Å². The van der Waals surface area contributed by atoms with Gasteiger partial charge in [0.05, 0.1) is 0 Å². The van der Waals surface area contributed by atoms with Crippen LogP contribution in [0.3, 0.4) is 0 Å². The van der Waals surface area contributed by atoms with E-state index in [0.717, 1.165) is 6.42 Å². The van der Waals surface area contributed by atoms with Gasteiger partial charge < -0.3 is 5.32 Å². The van der Waals surface area contributed by atoms with E-state index in [1.165, 1.54) is 0 Å². The Morgan fingerprint density at radius 1 is 1.62 bits per heavy atom. The molecule has 0 saturated carbocycles. The zero-order valence-corrected chi connectivity index (χ0v) is 8.09. The van der Waals surface area contributed by atoms with Crippen LogP contribution in [0.15, 0.2) is 4.79 Å². The Labute approximate surface area is 76.6 Å². The van der Waals surface area contributed by atoms with E-state index >= 15 is 0 Å². The molecule has 72 valence electrons. The van der Waals surface area contributed by atoms with Gasteiger partial charge >= 0.3 is 5.69 Å². The molecular weight excluding hydrogens is 168 g/mol. The van der Waals surface area contributed by atoms with Crippen LogP contribution in [-0.2, 0) is 0 Å². The molecule has 5 nitrogen and oxygen atoms in total. The zero-order valence-electron chi connectivity index (χ0n) is 8.09. The number of aromatic nitrogens is 3. The van der Waals surface area contributed by atoms with Crippen LogP contribution in [0.1, 0.15) is 26.0 Å². The van der Waals surface area contributed by atoms with Crippen molar-refractivity contribution in [3.05, 3.63) is 16.2 Å². The molecule has 0 aliphatic heterocycles. The highest BCUT2D eigenvalue weighted by molar-refractivity contribution is 5.38.